The molecule has 1 aliphatic heterocycles. The van der Waals surface area contributed by atoms with Gasteiger partial charge in [-0.25, -0.2) is 9.78 Å². The first kappa shape index (κ1) is 21.1. The van der Waals surface area contributed by atoms with Gasteiger partial charge in [0.2, 0.25) is 5.91 Å². The molecule has 1 aromatic carbocycles. The number of pyridine rings is 1. The first-order valence-electron chi connectivity index (χ1n) is 10.5. The summed E-state index contributed by atoms with van der Waals surface area (Å²) < 4.78 is 35.8. The van der Waals surface area contributed by atoms with E-state index in [0.29, 0.717) is 36.3 Å². The Balaban J connectivity index is 1.38. The van der Waals surface area contributed by atoms with E-state index in [1.807, 2.05) is 6.92 Å². The number of amides is 1. The van der Waals surface area contributed by atoms with E-state index in [1.165, 1.54) is 18.2 Å². The smallest absolute Gasteiger partial charge is 0.478 e. The van der Waals surface area contributed by atoms with Crippen molar-refractivity contribution < 1.29 is 33.0 Å². The highest BCUT2D eigenvalue weighted by Crippen LogP contribution is 2.56. The van der Waals surface area contributed by atoms with Crippen molar-refractivity contribution in [3.63, 3.8) is 0 Å². The summed E-state index contributed by atoms with van der Waals surface area (Å²) >= 11 is 0. The molecule has 7 nitrogen and oxygen atoms in total. The molecule has 1 fully saturated rings. The number of carboxylic acids is 1. The zero-order chi connectivity index (χ0) is 23.4. The monoisotopic (exact) mass is 454 g/mol. The van der Waals surface area contributed by atoms with Crippen LogP contribution in [0.3, 0.4) is 0 Å². The molecule has 0 saturated heterocycles. The third-order valence-corrected chi connectivity index (χ3v) is 6.19. The second kappa shape index (κ2) is 7.40. The Morgan fingerprint density at radius 1 is 1.12 bits per heavy atom. The first-order chi connectivity index (χ1) is 15.7. The van der Waals surface area contributed by atoms with Gasteiger partial charge in [0.15, 0.2) is 5.76 Å². The minimum atomic E-state index is -3.67. The summed E-state index contributed by atoms with van der Waals surface area (Å²) in [6.45, 7) is 1.85. The molecule has 2 heterocycles. The second-order valence-electron chi connectivity index (χ2n) is 8.41. The maximum atomic E-state index is 13.4. The van der Waals surface area contributed by atoms with Gasteiger partial charge in [-0.1, -0.05) is 23.8 Å². The van der Waals surface area contributed by atoms with Crippen molar-refractivity contribution in [2.24, 2.45) is 5.41 Å². The van der Waals surface area contributed by atoms with Crippen molar-refractivity contribution in [1.29, 1.82) is 0 Å². The summed E-state index contributed by atoms with van der Waals surface area (Å²) in [5, 5.41) is 12.1. The van der Waals surface area contributed by atoms with Gasteiger partial charge in [-0.2, -0.15) is 0 Å². The zero-order valence-corrected chi connectivity index (χ0v) is 17.7. The van der Waals surface area contributed by atoms with Crippen LogP contribution in [0.4, 0.5) is 14.6 Å². The molecule has 33 heavy (non-hydrogen) atoms. The number of anilines is 1. The maximum Gasteiger partial charge on any atom is 0.585 e. The number of carbonyl (C=O) groups is 2. The molecule has 1 saturated carbocycles. The van der Waals surface area contributed by atoms with Crippen LogP contribution >= 0.6 is 0 Å². The lowest BCUT2D eigenvalue weighted by Crippen LogP contribution is -2.27. The van der Waals surface area contributed by atoms with Gasteiger partial charge in [0, 0.05) is 12.0 Å². The third-order valence-electron chi connectivity index (χ3n) is 6.19. The number of allylic oxidation sites excluding steroid dienone is 2. The van der Waals surface area contributed by atoms with E-state index in [-0.39, 0.29) is 29.4 Å². The highest BCUT2D eigenvalue weighted by atomic mass is 19.3. The molecule has 1 amide bonds. The van der Waals surface area contributed by atoms with Crippen molar-refractivity contribution in [3.05, 3.63) is 70.7 Å². The van der Waals surface area contributed by atoms with Crippen LogP contribution < -0.4 is 5.32 Å². The van der Waals surface area contributed by atoms with Crippen molar-refractivity contribution in [3.8, 4) is 11.3 Å². The molecule has 0 spiro atoms. The van der Waals surface area contributed by atoms with Crippen LogP contribution in [0, 0.1) is 12.3 Å². The van der Waals surface area contributed by atoms with Gasteiger partial charge in [-0.3, -0.25) is 4.79 Å². The highest BCUT2D eigenvalue weighted by Gasteiger charge is 2.55. The molecule has 0 unspecified atom stereocenters. The largest absolute Gasteiger partial charge is 0.585 e. The van der Waals surface area contributed by atoms with E-state index in [2.05, 4.69) is 19.8 Å². The van der Waals surface area contributed by atoms with Gasteiger partial charge in [0.1, 0.15) is 11.6 Å². The lowest BCUT2D eigenvalue weighted by Gasteiger charge is -2.21. The number of aromatic nitrogens is 1. The molecular formula is C24H20F2N2O5. The minimum Gasteiger partial charge on any atom is -0.478 e. The van der Waals surface area contributed by atoms with Gasteiger partial charge in [0.05, 0.1) is 16.7 Å². The Kier molecular flexibility index (Phi) is 4.73. The number of carboxylic acid groups (broad SMARTS) is 1. The lowest BCUT2D eigenvalue weighted by atomic mass is 9.87. The van der Waals surface area contributed by atoms with E-state index in [9.17, 15) is 23.5 Å². The number of carbonyl (C=O) groups excluding carboxylic acids is 1. The van der Waals surface area contributed by atoms with E-state index >= 15 is 0 Å². The summed E-state index contributed by atoms with van der Waals surface area (Å²) in [7, 11) is 0. The van der Waals surface area contributed by atoms with E-state index in [0.717, 1.165) is 11.1 Å². The topological polar surface area (TPSA) is 97.8 Å². The predicted molar refractivity (Wildman–Crippen MR) is 113 cm³/mol. The van der Waals surface area contributed by atoms with Crippen LogP contribution in [-0.2, 0) is 14.3 Å². The quantitative estimate of drug-likeness (QED) is 0.660. The number of aromatic carboxylic acids is 1. The number of alkyl halides is 2. The first-order valence-corrected chi connectivity index (χ1v) is 10.5. The fourth-order valence-electron chi connectivity index (χ4n) is 4.28. The number of aryl methyl sites for hydroxylation is 1. The van der Waals surface area contributed by atoms with Gasteiger partial charge in [0.25, 0.3) is 0 Å². The molecule has 0 radical (unpaired) electrons. The van der Waals surface area contributed by atoms with E-state index < -0.39 is 17.7 Å². The Bertz CT molecular complexity index is 1250. The van der Waals surface area contributed by atoms with Crippen LogP contribution in [0.1, 0.15) is 41.6 Å². The third kappa shape index (κ3) is 3.83. The van der Waals surface area contributed by atoms with Crippen molar-refractivity contribution >= 4 is 17.7 Å². The van der Waals surface area contributed by atoms with Crippen molar-refractivity contribution in [1.82, 2.24) is 4.98 Å². The number of nitrogens with zero attached hydrogens (tertiary/aromatic N) is 1. The van der Waals surface area contributed by atoms with Crippen molar-refractivity contribution in [2.45, 2.75) is 38.9 Å². The van der Waals surface area contributed by atoms with Gasteiger partial charge >= 0.3 is 12.3 Å². The lowest BCUT2D eigenvalue weighted by molar-refractivity contribution is -0.336. The maximum absolute atomic E-state index is 13.4. The Morgan fingerprint density at radius 3 is 2.64 bits per heavy atom. The predicted octanol–water partition coefficient (Wildman–Crippen LogP) is 5.00. The summed E-state index contributed by atoms with van der Waals surface area (Å²) in [6, 6.07) is 9.90. The van der Waals surface area contributed by atoms with Crippen LogP contribution in [0.25, 0.3) is 11.3 Å². The molecule has 0 bridgehead atoms. The molecular weight excluding hydrogens is 434 g/mol. The number of halogens is 2. The molecule has 170 valence electrons. The van der Waals surface area contributed by atoms with Crippen LogP contribution in [0.15, 0.2) is 59.6 Å². The second-order valence-corrected chi connectivity index (χ2v) is 8.41. The Hall–Kier alpha value is -3.75. The van der Waals surface area contributed by atoms with E-state index in [4.69, 9.17) is 0 Å². The SMILES string of the molecule is Cc1ccc(NC(=O)C2(C3=CC4=C(CC3)OC(F)(F)O4)CC2)nc1-c1cccc(C(=O)O)c1. The highest BCUT2D eigenvalue weighted by molar-refractivity contribution is 5.99. The molecule has 2 aliphatic carbocycles. The molecule has 9 heteroatoms. The molecule has 2 N–H and O–H groups in total. The molecule has 1 aromatic heterocycles. The molecule has 3 aliphatic rings. The summed E-state index contributed by atoms with van der Waals surface area (Å²) in [6.07, 6.45) is -0.291. The van der Waals surface area contributed by atoms with Gasteiger partial charge < -0.3 is 19.9 Å². The van der Waals surface area contributed by atoms with E-state index in [1.54, 1.807) is 24.3 Å². The van der Waals surface area contributed by atoms with Crippen LogP contribution in [0.2, 0.25) is 0 Å². The normalized spacial score (nSPS) is 19.7. The average molecular weight is 454 g/mol. The zero-order valence-electron chi connectivity index (χ0n) is 17.7. The Morgan fingerprint density at radius 2 is 1.91 bits per heavy atom. The number of benzene rings is 1. The van der Waals surface area contributed by atoms with Crippen LogP contribution in [0.5, 0.6) is 0 Å². The number of rotatable bonds is 5. The molecule has 5 rings (SSSR count). The Labute approximate surface area is 187 Å². The summed E-state index contributed by atoms with van der Waals surface area (Å²) in [5.41, 5.74) is 2.11. The summed E-state index contributed by atoms with van der Waals surface area (Å²) in [5.74, 6) is -0.883. The summed E-state index contributed by atoms with van der Waals surface area (Å²) in [4.78, 5) is 29.0. The fourth-order valence-corrected chi connectivity index (χ4v) is 4.28. The standard InChI is InChI=1S/C24H20F2N2O5/c1-13-5-8-19(27-20(13)14-3-2-4-15(11-14)21(29)30)28-22(31)23(9-10-23)16-6-7-17-18(12-16)33-24(25,26)32-17/h2-5,8,11-12H,6-7,9-10H2,1H3,(H,29,30)(H,27,28,31). The van der Waals surface area contributed by atoms with Crippen molar-refractivity contribution in [2.75, 3.05) is 5.32 Å². The van der Waals surface area contributed by atoms with Gasteiger partial charge in [-0.15, -0.1) is 8.78 Å². The number of hydrogen-bond acceptors (Lipinski definition) is 5. The van der Waals surface area contributed by atoms with Crippen LogP contribution in [-0.4, -0.2) is 28.3 Å². The average Bonchev–Trinajstić information content (AvgIpc) is 3.52. The molecule has 0 atom stereocenters. The number of hydrogen-bond donors (Lipinski definition) is 2. The molecule has 2 aromatic rings. The number of ether oxygens (including phenoxy) is 2. The van der Waals surface area contributed by atoms with Gasteiger partial charge in [-0.05, 0) is 56.0 Å². The fraction of sp³-hybridized carbons (Fsp3) is 0.292. The number of nitrogens with one attached hydrogen (secondary N) is 1. The minimum absolute atomic E-state index is 0.0191.